The summed E-state index contributed by atoms with van der Waals surface area (Å²) in [7, 11) is 0. The Morgan fingerprint density at radius 1 is 1.50 bits per heavy atom. The first kappa shape index (κ1) is 10.4. The molecular weight excluding hydrogens is 200 g/mol. The first-order chi connectivity index (χ1) is 7.86. The second-order valence-electron chi connectivity index (χ2n) is 4.88. The highest BCUT2D eigenvalue weighted by Crippen LogP contribution is 2.34. The van der Waals surface area contributed by atoms with Gasteiger partial charge in [0.15, 0.2) is 0 Å². The zero-order valence-corrected chi connectivity index (χ0v) is 9.86. The molecule has 0 aromatic carbocycles. The van der Waals surface area contributed by atoms with Crippen LogP contribution < -0.4 is 5.32 Å². The maximum Gasteiger partial charge on any atom is 0.0733 e. The summed E-state index contributed by atoms with van der Waals surface area (Å²) >= 11 is 0. The standard InChI is InChI=1S/C13H20N2O/c1-2-15-7-3-4-10(15)9-14-12-8-11-5-6-13(12)16-11/h3-4,7,11-14H,2,5-6,8-9H2,1H3. The Labute approximate surface area is 96.8 Å². The van der Waals surface area contributed by atoms with Crippen molar-refractivity contribution < 1.29 is 4.74 Å². The van der Waals surface area contributed by atoms with Crippen LogP contribution in [0.15, 0.2) is 18.3 Å². The summed E-state index contributed by atoms with van der Waals surface area (Å²) in [5, 5.41) is 3.64. The lowest BCUT2D eigenvalue weighted by atomic mass is 9.95. The molecule has 0 spiro atoms. The van der Waals surface area contributed by atoms with Gasteiger partial charge in [0, 0.05) is 31.0 Å². The van der Waals surface area contributed by atoms with E-state index in [0.717, 1.165) is 13.1 Å². The lowest BCUT2D eigenvalue weighted by molar-refractivity contribution is 0.0972. The van der Waals surface area contributed by atoms with Crippen molar-refractivity contribution >= 4 is 0 Å². The average molecular weight is 220 g/mol. The van der Waals surface area contributed by atoms with E-state index in [9.17, 15) is 0 Å². The summed E-state index contributed by atoms with van der Waals surface area (Å²) in [5.74, 6) is 0. The van der Waals surface area contributed by atoms with Crippen molar-refractivity contribution in [2.45, 2.75) is 57.5 Å². The molecule has 16 heavy (non-hydrogen) atoms. The van der Waals surface area contributed by atoms with Crippen molar-refractivity contribution in [2.24, 2.45) is 0 Å². The van der Waals surface area contributed by atoms with Crippen LogP contribution in [0.5, 0.6) is 0 Å². The zero-order chi connectivity index (χ0) is 11.0. The fraction of sp³-hybridized carbons (Fsp3) is 0.692. The molecule has 2 bridgehead atoms. The van der Waals surface area contributed by atoms with Crippen molar-refractivity contribution in [3.8, 4) is 0 Å². The molecular formula is C13H20N2O. The van der Waals surface area contributed by atoms with Crippen LogP contribution in [0.4, 0.5) is 0 Å². The van der Waals surface area contributed by atoms with Gasteiger partial charge in [0.1, 0.15) is 0 Å². The Morgan fingerprint density at radius 3 is 3.12 bits per heavy atom. The number of ether oxygens (including phenoxy) is 1. The molecule has 1 N–H and O–H groups in total. The monoisotopic (exact) mass is 220 g/mol. The molecule has 0 aliphatic carbocycles. The Morgan fingerprint density at radius 2 is 2.44 bits per heavy atom. The van der Waals surface area contributed by atoms with Gasteiger partial charge < -0.3 is 14.6 Å². The fourth-order valence-corrected chi connectivity index (χ4v) is 3.01. The van der Waals surface area contributed by atoms with Crippen LogP contribution >= 0.6 is 0 Å². The Hall–Kier alpha value is -0.800. The van der Waals surface area contributed by atoms with Crippen LogP contribution in [0.2, 0.25) is 0 Å². The number of rotatable bonds is 4. The van der Waals surface area contributed by atoms with E-state index in [1.165, 1.54) is 25.0 Å². The van der Waals surface area contributed by atoms with E-state index in [4.69, 9.17) is 4.74 Å². The normalized spacial score (nSPS) is 32.4. The molecule has 3 nitrogen and oxygen atoms in total. The van der Waals surface area contributed by atoms with Crippen molar-refractivity contribution in [2.75, 3.05) is 0 Å². The van der Waals surface area contributed by atoms with Gasteiger partial charge in [0.05, 0.1) is 12.2 Å². The van der Waals surface area contributed by atoms with Gasteiger partial charge in [-0.1, -0.05) is 0 Å². The van der Waals surface area contributed by atoms with Crippen LogP contribution in [0.25, 0.3) is 0 Å². The minimum atomic E-state index is 0.482. The number of aromatic nitrogens is 1. The summed E-state index contributed by atoms with van der Waals surface area (Å²) in [6, 6.07) is 4.90. The molecule has 2 aliphatic rings. The van der Waals surface area contributed by atoms with E-state index >= 15 is 0 Å². The minimum Gasteiger partial charge on any atom is -0.373 e. The molecule has 0 amide bonds. The molecule has 3 unspecified atom stereocenters. The van der Waals surface area contributed by atoms with Crippen LogP contribution in [0.3, 0.4) is 0 Å². The summed E-state index contributed by atoms with van der Waals surface area (Å²) in [6.45, 7) is 4.21. The number of nitrogens with zero attached hydrogens (tertiary/aromatic N) is 1. The Balaban J connectivity index is 1.57. The van der Waals surface area contributed by atoms with Crippen molar-refractivity contribution in [3.63, 3.8) is 0 Å². The quantitative estimate of drug-likeness (QED) is 0.839. The number of nitrogens with one attached hydrogen (secondary N) is 1. The van der Waals surface area contributed by atoms with Crippen LogP contribution in [0.1, 0.15) is 31.9 Å². The van der Waals surface area contributed by atoms with E-state index in [1.54, 1.807) is 0 Å². The highest BCUT2D eigenvalue weighted by molar-refractivity contribution is 5.07. The highest BCUT2D eigenvalue weighted by Gasteiger charge is 2.40. The van der Waals surface area contributed by atoms with E-state index < -0.39 is 0 Å². The minimum absolute atomic E-state index is 0.482. The van der Waals surface area contributed by atoms with Crippen LogP contribution in [0, 0.1) is 0 Å². The predicted octanol–water partition coefficient (Wildman–Crippen LogP) is 1.92. The summed E-state index contributed by atoms with van der Waals surface area (Å²) in [6.07, 6.45) is 6.90. The number of hydrogen-bond acceptors (Lipinski definition) is 2. The molecule has 2 aliphatic heterocycles. The lowest BCUT2D eigenvalue weighted by Gasteiger charge is -2.20. The second-order valence-corrected chi connectivity index (χ2v) is 4.88. The molecule has 3 atom stereocenters. The van der Waals surface area contributed by atoms with Crippen molar-refractivity contribution in [1.82, 2.24) is 9.88 Å². The predicted molar refractivity (Wildman–Crippen MR) is 63.2 cm³/mol. The first-order valence-corrected chi connectivity index (χ1v) is 6.39. The zero-order valence-electron chi connectivity index (χ0n) is 9.86. The Bertz CT molecular complexity index is 361. The van der Waals surface area contributed by atoms with Gasteiger partial charge in [-0.05, 0) is 38.3 Å². The molecule has 0 saturated carbocycles. The third-order valence-electron chi connectivity index (χ3n) is 3.92. The number of hydrogen-bond donors (Lipinski definition) is 1. The van der Waals surface area contributed by atoms with E-state index in [1.807, 2.05) is 0 Å². The molecule has 2 fully saturated rings. The summed E-state index contributed by atoms with van der Waals surface area (Å²) < 4.78 is 8.13. The SMILES string of the molecule is CCn1cccc1CNC1CC2CCC1O2. The highest BCUT2D eigenvalue weighted by atomic mass is 16.5. The molecule has 88 valence electrons. The number of fused-ring (bicyclic) bond motifs is 2. The van der Waals surface area contributed by atoms with Gasteiger partial charge >= 0.3 is 0 Å². The summed E-state index contributed by atoms with van der Waals surface area (Å²) in [4.78, 5) is 0. The molecule has 0 radical (unpaired) electrons. The number of aryl methyl sites for hydroxylation is 1. The topological polar surface area (TPSA) is 26.2 Å². The van der Waals surface area contributed by atoms with E-state index in [0.29, 0.717) is 18.2 Å². The average Bonchev–Trinajstić information content (AvgIpc) is 3.01. The Kier molecular flexibility index (Phi) is 2.74. The molecule has 3 heterocycles. The maximum absolute atomic E-state index is 5.84. The van der Waals surface area contributed by atoms with Crippen molar-refractivity contribution in [1.29, 1.82) is 0 Å². The van der Waals surface area contributed by atoms with Gasteiger partial charge in [0.25, 0.3) is 0 Å². The molecule has 1 aromatic heterocycles. The fourth-order valence-electron chi connectivity index (χ4n) is 3.01. The van der Waals surface area contributed by atoms with Gasteiger partial charge in [-0.3, -0.25) is 0 Å². The molecule has 1 aromatic rings. The molecule has 3 rings (SSSR count). The molecule has 2 saturated heterocycles. The lowest BCUT2D eigenvalue weighted by Crippen LogP contribution is -2.37. The molecule has 3 heteroatoms. The third-order valence-corrected chi connectivity index (χ3v) is 3.92. The van der Waals surface area contributed by atoms with Gasteiger partial charge in [0.2, 0.25) is 0 Å². The van der Waals surface area contributed by atoms with E-state index in [-0.39, 0.29) is 0 Å². The maximum atomic E-state index is 5.84. The summed E-state index contributed by atoms with van der Waals surface area (Å²) in [5.41, 5.74) is 1.38. The first-order valence-electron chi connectivity index (χ1n) is 6.39. The van der Waals surface area contributed by atoms with Gasteiger partial charge in [-0.15, -0.1) is 0 Å². The second kappa shape index (κ2) is 4.22. The van der Waals surface area contributed by atoms with Crippen LogP contribution in [-0.4, -0.2) is 22.8 Å². The van der Waals surface area contributed by atoms with Crippen LogP contribution in [-0.2, 0) is 17.8 Å². The van der Waals surface area contributed by atoms with Gasteiger partial charge in [-0.2, -0.15) is 0 Å². The largest absolute Gasteiger partial charge is 0.373 e. The smallest absolute Gasteiger partial charge is 0.0733 e. The van der Waals surface area contributed by atoms with E-state index in [2.05, 4.69) is 35.1 Å². The van der Waals surface area contributed by atoms with Crippen molar-refractivity contribution in [3.05, 3.63) is 24.0 Å². The third kappa shape index (κ3) is 1.78. The van der Waals surface area contributed by atoms with Gasteiger partial charge in [-0.25, -0.2) is 0 Å².